The minimum absolute atomic E-state index is 0.236. The lowest BCUT2D eigenvalue weighted by Gasteiger charge is -2.34. The lowest BCUT2D eigenvalue weighted by Crippen LogP contribution is -2.55. The lowest BCUT2D eigenvalue weighted by molar-refractivity contribution is -0.142. The number of benzene rings is 3. The maximum Gasteiger partial charge on any atom is 0.254 e. The molecular weight excluding hydrogens is 544 g/mol. The van der Waals surface area contributed by atoms with Crippen molar-refractivity contribution in [3.8, 4) is 11.1 Å². The summed E-state index contributed by atoms with van der Waals surface area (Å²) in [7, 11) is 4.84. The summed E-state index contributed by atoms with van der Waals surface area (Å²) in [5.74, 6) is -0.866. The zero-order valence-electron chi connectivity index (χ0n) is 24.5. The van der Waals surface area contributed by atoms with Gasteiger partial charge in [0.05, 0.1) is 0 Å². The van der Waals surface area contributed by atoms with E-state index in [4.69, 9.17) is 5.73 Å². The maximum atomic E-state index is 14.2. The predicted molar refractivity (Wildman–Crippen MR) is 169 cm³/mol. The van der Waals surface area contributed by atoms with E-state index in [1.807, 2.05) is 85.1 Å². The Balaban J connectivity index is 1.66. The first-order valence-electron chi connectivity index (χ1n) is 14.0. The van der Waals surface area contributed by atoms with Crippen LogP contribution in [0.15, 0.2) is 96.4 Å². The van der Waals surface area contributed by atoms with Crippen molar-refractivity contribution in [2.45, 2.75) is 37.9 Å². The van der Waals surface area contributed by atoms with Crippen LogP contribution < -0.4 is 11.1 Å². The Morgan fingerprint density at radius 3 is 2.12 bits per heavy atom. The molecule has 0 aliphatic rings. The third-order valence-electron chi connectivity index (χ3n) is 7.56. The first kappa shape index (κ1) is 30.7. The molecule has 3 atom stereocenters. The van der Waals surface area contributed by atoms with Crippen LogP contribution in [-0.4, -0.2) is 60.7 Å². The van der Waals surface area contributed by atoms with Crippen LogP contribution in [0.5, 0.6) is 0 Å². The molecule has 0 saturated heterocycles. The second kappa shape index (κ2) is 14.1. The van der Waals surface area contributed by atoms with Gasteiger partial charge in [-0.3, -0.25) is 14.4 Å². The fourth-order valence-electron chi connectivity index (χ4n) is 4.96. The summed E-state index contributed by atoms with van der Waals surface area (Å²) in [4.78, 5) is 44.9. The standard InChI is InChI=1S/C34H38N4O3S/c1-23(35)27-12-8-13-28(21-27)33(40)38(4)31(20-24-15-17-26(18-16-24)25-10-6-5-7-11-25)34(41)37(3)30(32(39)36-2)22-29-14-9-19-42-29/h5-19,21,23,30-31H,20,22,35H2,1-4H3,(H,36,39). The molecule has 218 valence electrons. The molecule has 0 aliphatic heterocycles. The number of hydrogen-bond acceptors (Lipinski definition) is 5. The zero-order valence-corrected chi connectivity index (χ0v) is 25.3. The van der Waals surface area contributed by atoms with Crippen LogP contribution in [0.4, 0.5) is 0 Å². The first-order valence-corrected chi connectivity index (χ1v) is 14.8. The second-order valence-electron chi connectivity index (χ2n) is 10.5. The molecule has 3 aromatic carbocycles. The summed E-state index contributed by atoms with van der Waals surface area (Å²) < 4.78 is 0. The number of carbonyl (C=O) groups is 3. The zero-order chi connectivity index (χ0) is 30.2. The number of nitrogens with one attached hydrogen (secondary N) is 1. The van der Waals surface area contributed by atoms with Crippen molar-refractivity contribution in [3.05, 3.63) is 118 Å². The highest BCUT2D eigenvalue weighted by Gasteiger charge is 2.35. The minimum Gasteiger partial charge on any atom is -0.357 e. The van der Waals surface area contributed by atoms with Gasteiger partial charge in [-0.05, 0) is 52.8 Å². The van der Waals surface area contributed by atoms with Crippen molar-refractivity contribution in [2.24, 2.45) is 5.73 Å². The van der Waals surface area contributed by atoms with Crippen LogP contribution >= 0.6 is 11.3 Å². The summed E-state index contributed by atoms with van der Waals surface area (Å²) in [6.45, 7) is 1.86. The summed E-state index contributed by atoms with van der Waals surface area (Å²) in [6, 6.07) is 27.3. The molecule has 0 aliphatic carbocycles. The molecule has 0 fully saturated rings. The summed E-state index contributed by atoms with van der Waals surface area (Å²) in [5, 5.41) is 4.64. The fourth-order valence-corrected chi connectivity index (χ4v) is 5.70. The molecule has 3 unspecified atom stereocenters. The Morgan fingerprint density at radius 1 is 0.810 bits per heavy atom. The van der Waals surface area contributed by atoms with E-state index in [-0.39, 0.29) is 30.2 Å². The second-order valence-corrected chi connectivity index (χ2v) is 11.5. The predicted octanol–water partition coefficient (Wildman–Crippen LogP) is 4.93. The summed E-state index contributed by atoms with van der Waals surface area (Å²) in [5.41, 5.74) is 10.4. The minimum atomic E-state index is -0.848. The summed E-state index contributed by atoms with van der Waals surface area (Å²) >= 11 is 1.54. The van der Waals surface area contributed by atoms with Gasteiger partial charge in [-0.1, -0.05) is 72.8 Å². The third kappa shape index (κ3) is 7.32. The molecule has 3 amide bonds. The molecule has 3 N–H and O–H groups in total. The smallest absolute Gasteiger partial charge is 0.254 e. The number of rotatable bonds is 11. The topological polar surface area (TPSA) is 95.7 Å². The SMILES string of the molecule is CNC(=O)C(Cc1cccs1)N(C)C(=O)C(Cc1ccc(-c2ccccc2)cc1)N(C)C(=O)c1cccc(C(C)N)c1. The fraction of sp³-hybridized carbons (Fsp3) is 0.265. The number of carbonyl (C=O) groups excluding carboxylic acids is 3. The van der Waals surface area contributed by atoms with Crippen molar-refractivity contribution in [1.29, 1.82) is 0 Å². The van der Waals surface area contributed by atoms with Crippen molar-refractivity contribution < 1.29 is 14.4 Å². The Kier molecular flexibility index (Phi) is 10.3. The van der Waals surface area contributed by atoms with Crippen LogP contribution in [-0.2, 0) is 22.4 Å². The number of amides is 3. The van der Waals surface area contributed by atoms with Gasteiger partial charge in [0, 0.05) is 50.5 Å². The van der Waals surface area contributed by atoms with E-state index >= 15 is 0 Å². The number of nitrogens with zero attached hydrogens (tertiary/aromatic N) is 2. The van der Waals surface area contributed by atoms with Gasteiger partial charge in [-0.15, -0.1) is 11.3 Å². The number of hydrogen-bond donors (Lipinski definition) is 2. The highest BCUT2D eigenvalue weighted by Crippen LogP contribution is 2.23. The van der Waals surface area contributed by atoms with E-state index in [0.29, 0.717) is 12.0 Å². The van der Waals surface area contributed by atoms with E-state index in [9.17, 15) is 14.4 Å². The van der Waals surface area contributed by atoms with Crippen LogP contribution in [0, 0.1) is 0 Å². The summed E-state index contributed by atoms with van der Waals surface area (Å²) in [6.07, 6.45) is 0.666. The first-order chi connectivity index (χ1) is 20.2. The van der Waals surface area contributed by atoms with E-state index in [1.54, 1.807) is 39.3 Å². The van der Waals surface area contributed by atoms with Gasteiger partial charge in [0.2, 0.25) is 11.8 Å². The molecule has 1 heterocycles. The molecule has 0 spiro atoms. The van der Waals surface area contributed by atoms with Crippen molar-refractivity contribution in [1.82, 2.24) is 15.1 Å². The van der Waals surface area contributed by atoms with E-state index in [1.165, 1.54) is 21.1 Å². The van der Waals surface area contributed by atoms with Crippen molar-refractivity contribution in [3.63, 3.8) is 0 Å². The third-order valence-corrected chi connectivity index (χ3v) is 8.46. The van der Waals surface area contributed by atoms with Gasteiger partial charge in [0.1, 0.15) is 12.1 Å². The normalized spacial score (nSPS) is 13.1. The Bertz CT molecular complexity index is 1490. The Labute approximate surface area is 252 Å². The molecular formula is C34H38N4O3S. The highest BCUT2D eigenvalue weighted by atomic mass is 32.1. The Hall–Kier alpha value is -4.27. The number of thiophene rings is 1. The molecule has 4 aromatic rings. The number of likely N-dealkylation sites (N-methyl/N-ethyl adjacent to an activating group) is 3. The van der Waals surface area contributed by atoms with Gasteiger partial charge in [0.15, 0.2) is 0 Å². The molecule has 0 radical (unpaired) electrons. The molecule has 0 saturated carbocycles. The van der Waals surface area contributed by atoms with Gasteiger partial charge in [-0.25, -0.2) is 0 Å². The maximum absolute atomic E-state index is 14.2. The average Bonchev–Trinajstić information content (AvgIpc) is 3.55. The van der Waals surface area contributed by atoms with Crippen LogP contribution in [0.25, 0.3) is 11.1 Å². The van der Waals surface area contributed by atoms with Crippen LogP contribution in [0.3, 0.4) is 0 Å². The largest absolute Gasteiger partial charge is 0.357 e. The average molecular weight is 583 g/mol. The van der Waals surface area contributed by atoms with Crippen LogP contribution in [0.1, 0.15) is 39.3 Å². The molecule has 42 heavy (non-hydrogen) atoms. The van der Waals surface area contributed by atoms with Gasteiger partial charge < -0.3 is 20.9 Å². The molecule has 4 rings (SSSR count). The monoisotopic (exact) mass is 582 g/mol. The van der Waals surface area contributed by atoms with Gasteiger partial charge in [-0.2, -0.15) is 0 Å². The molecule has 1 aromatic heterocycles. The van der Waals surface area contributed by atoms with Gasteiger partial charge in [0.25, 0.3) is 5.91 Å². The quantitative estimate of drug-likeness (QED) is 0.262. The van der Waals surface area contributed by atoms with E-state index < -0.39 is 12.1 Å². The van der Waals surface area contributed by atoms with Crippen LogP contribution in [0.2, 0.25) is 0 Å². The molecule has 8 heteroatoms. The highest BCUT2D eigenvalue weighted by molar-refractivity contribution is 7.09. The van der Waals surface area contributed by atoms with Crippen molar-refractivity contribution >= 4 is 29.1 Å². The molecule has 0 bridgehead atoms. The van der Waals surface area contributed by atoms with Crippen molar-refractivity contribution in [2.75, 3.05) is 21.1 Å². The van der Waals surface area contributed by atoms with E-state index in [2.05, 4.69) is 5.32 Å². The van der Waals surface area contributed by atoms with Gasteiger partial charge >= 0.3 is 0 Å². The Morgan fingerprint density at radius 2 is 1.50 bits per heavy atom. The lowest BCUT2D eigenvalue weighted by atomic mass is 9.98. The molecule has 7 nitrogen and oxygen atoms in total. The number of nitrogens with two attached hydrogens (primary N) is 1. The van der Waals surface area contributed by atoms with E-state index in [0.717, 1.165) is 27.1 Å².